The highest BCUT2D eigenvalue weighted by Crippen LogP contribution is 2.29. The van der Waals surface area contributed by atoms with Gasteiger partial charge in [0.05, 0.1) is 4.90 Å². The van der Waals surface area contributed by atoms with Gasteiger partial charge in [-0.1, -0.05) is 66.2 Å². The maximum atomic E-state index is 13.6. The van der Waals surface area contributed by atoms with Crippen LogP contribution >= 0.6 is 11.6 Å². The number of rotatable bonds is 8. The molecule has 0 heterocycles. The average Bonchev–Trinajstić information content (AvgIpc) is 2.87. The zero-order valence-electron chi connectivity index (χ0n) is 21.9. The minimum Gasteiger partial charge on any atom is -0.340 e. The third-order valence-electron chi connectivity index (χ3n) is 5.88. The number of amides is 2. The van der Waals surface area contributed by atoms with Crippen molar-refractivity contribution in [3.63, 3.8) is 0 Å². The van der Waals surface area contributed by atoms with Crippen LogP contribution in [-0.2, 0) is 21.2 Å². The second kappa shape index (κ2) is 11.6. The van der Waals surface area contributed by atoms with Crippen LogP contribution in [0.5, 0.6) is 0 Å². The fourth-order valence-corrected chi connectivity index (χ4v) is 5.97. The normalized spacial score (nSPS) is 12.6. The van der Waals surface area contributed by atoms with Crippen LogP contribution in [0, 0.1) is 0 Å². The molecule has 0 aliphatic carbocycles. The summed E-state index contributed by atoms with van der Waals surface area (Å²) in [6.07, 6.45) is 0.256. The summed E-state index contributed by atoms with van der Waals surface area (Å²) in [4.78, 5) is 26.7. The number of fused-ring (bicyclic) bond motifs is 1. The predicted molar refractivity (Wildman–Crippen MR) is 156 cm³/mol. The first-order valence-corrected chi connectivity index (χ1v) is 14.3. The van der Waals surface area contributed by atoms with Crippen molar-refractivity contribution in [3.05, 3.63) is 107 Å². The Morgan fingerprint density at radius 1 is 0.821 bits per heavy atom. The van der Waals surface area contributed by atoms with Gasteiger partial charge in [0.25, 0.3) is 5.91 Å². The summed E-state index contributed by atoms with van der Waals surface area (Å²) in [6, 6.07) is 24.9. The molecule has 0 saturated heterocycles. The van der Waals surface area contributed by atoms with E-state index in [0.717, 1.165) is 5.56 Å². The van der Waals surface area contributed by atoms with E-state index in [0.29, 0.717) is 27.0 Å². The van der Waals surface area contributed by atoms with Crippen LogP contribution in [0.25, 0.3) is 10.8 Å². The molecular weight excluding hydrogens is 534 g/mol. The summed E-state index contributed by atoms with van der Waals surface area (Å²) in [6.45, 7) is 5.31. The van der Waals surface area contributed by atoms with Crippen molar-refractivity contribution in [2.24, 2.45) is 0 Å². The first-order valence-electron chi connectivity index (χ1n) is 12.4. The number of carbonyl (C=O) groups excluding carboxylic acids is 2. The van der Waals surface area contributed by atoms with Gasteiger partial charge in [0.1, 0.15) is 6.04 Å². The van der Waals surface area contributed by atoms with Crippen molar-refractivity contribution >= 4 is 49.9 Å². The second-order valence-electron chi connectivity index (χ2n) is 10.2. The average molecular weight is 564 g/mol. The van der Waals surface area contributed by atoms with Crippen LogP contribution in [0.15, 0.2) is 95.9 Å². The van der Waals surface area contributed by atoms with E-state index in [1.165, 1.54) is 6.07 Å². The summed E-state index contributed by atoms with van der Waals surface area (Å²) >= 11 is 5.95. The van der Waals surface area contributed by atoms with Crippen molar-refractivity contribution < 1.29 is 18.0 Å². The molecule has 0 radical (unpaired) electrons. The Kier molecular flexibility index (Phi) is 8.39. The van der Waals surface area contributed by atoms with Gasteiger partial charge in [0.15, 0.2) is 0 Å². The molecule has 0 aromatic heterocycles. The number of anilines is 1. The maximum absolute atomic E-state index is 13.6. The third-order valence-corrected chi connectivity index (χ3v) is 7.95. The molecule has 7 nitrogen and oxygen atoms in total. The summed E-state index contributed by atoms with van der Waals surface area (Å²) in [5.74, 6) is -0.850. The summed E-state index contributed by atoms with van der Waals surface area (Å²) in [5.41, 5.74) is 1.01. The Morgan fingerprint density at radius 2 is 1.46 bits per heavy atom. The number of hydrogen-bond donors (Lipinski definition) is 3. The highest BCUT2D eigenvalue weighted by atomic mass is 35.5. The fourth-order valence-electron chi connectivity index (χ4n) is 4.20. The fraction of sp³-hybridized carbons (Fsp3) is 0.200. The summed E-state index contributed by atoms with van der Waals surface area (Å²) in [7, 11) is -3.83. The molecule has 0 aliphatic rings. The molecule has 0 aliphatic heterocycles. The van der Waals surface area contributed by atoms with Gasteiger partial charge in [-0.2, -0.15) is 0 Å². The van der Waals surface area contributed by atoms with E-state index in [4.69, 9.17) is 11.6 Å². The Bertz CT molecular complexity index is 1600. The highest BCUT2D eigenvalue weighted by molar-refractivity contribution is 7.89. The van der Waals surface area contributed by atoms with E-state index in [1.54, 1.807) is 75.4 Å². The van der Waals surface area contributed by atoms with Crippen LogP contribution in [0.1, 0.15) is 36.7 Å². The largest absolute Gasteiger partial charge is 0.340 e. The van der Waals surface area contributed by atoms with Crippen LogP contribution < -0.4 is 15.4 Å². The summed E-state index contributed by atoms with van der Waals surface area (Å²) < 4.78 is 28.9. The van der Waals surface area contributed by atoms with Crippen molar-refractivity contribution in [2.45, 2.75) is 43.7 Å². The zero-order chi connectivity index (χ0) is 28.2. The van der Waals surface area contributed by atoms with E-state index in [2.05, 4.69) is 15.4 Å². The molecule has 0 fully saturated rings. The lowest BCUT2D eigenvalue weighted by molar-refractivity contribution is -0.118. The smallest absolute Gasteiger partial charge is 0.251 e. The molecule has 4 aromatic rings. The van der Waals surface area contributed by atoms with Gasteiger partial charge in [-0.25, -0.2) is 13.1 Å². The number of sulfonamides is 1. The van der Waals surface area contributed by atoms with Crippen molar-refractivity contribution in [2.75, 3.05) is 5.32 Å². The van der Waals surface area contributed by atoms with Crippen LogP contribution in [0.2, 0.25) is 5.02 Å². The van der Waals surface area contributed by atoms with Crippen LogP contribution in [0.4, 0.5) is 5.69 Å². The lowest BCUT2D eigenvalue weighted by Gasteiger charge is -2.22. The minimum absolute atomic E-state index is 0.114. The number of halogens is 1. The SMILES string of the molecule is CC(C)(C)NS(=O)(=O)c1cccc2c(NC(=O)[C@H](Cc3ccccc3)NC(=O)c3ccc(Cl)cc3)cccc12. The molecule has 0 unspecified atom stereocenters. The molecule has 3 N–H and O–H groups in total. The zero-order valence-corrected chi connectivity index (χ0v) is 23.4. The Morgan fingerprint density at radius 3 is 2.13 bits per heavy atom. The second-order valence-corrected chi connectivity index (χ2v) is 12.3. The van der Waals surface area contributed by atoms with Gasteiger partial charge in [0, 0.05) is 39.0 Å². The molecule has 39 heavy (non-hydrogen) atoms. The van der Waals surface area contributed by atoms with Gasteiger partial charge in [-0.15, -0.1) is 0 Å². The quantitative estimate of drug-likeness (QED) is 0.261. The standard InChI is InChI=1S/C30H30ClN3O4S/c1-30(2,3)34-39(37,38)27-14-8-11-23-24(27)12-7-13-25(23)32-29(36)26(19-20-9-5-4-6-10-20)33-28(35)21-15-17-22(31)18-16-21/h4-18,26,34H,19H2,1-3H3,(H,32,36)(H,33,35)/t26-/m0/s1. The predicted octanol–water partition coefficient (Wildman–Crippen LogP) is 5.55. The van der Waals surface area contributed by atoms with Gasteiger partial charge in [0.2, 0.25) is 15.9 Å². The molecular formula is C30H30ClN3O4S. The van der Waals surface area contributed by atoms with E-state index >= 15 is 0 Å². The molecule has 9 heteroatoms. The number of carbonyl (C=O) groups is 2. The Balaban J connectivity index is 1.65. The van der Waals surface area contributed by atoms with Crippen LogP contribution in [0.3, 0.4) is 0 Å². The van der Waals surface area contributed by atoms with Gasteiger partial charge >= 0.3 is 0 Å². The lowest BCUT2D eigenvalue weighted by atomic mass is 10.0. The van der Waals surface area contributed by atoms with E-state index in [9.17, 15) is 18.0 Å². The minimum atomic E-state index is -3.83. The molecule has 4 aromatic carbocycles. The number of hydrogen-bond acceptors (Lipinski definition) is 4. The molecule has 202 valence electrons. The molecule has 4 rings (SSSR count). The topological polar surface area (TPSA) is 104 Å². The molecule has 2 amide bonds. The summed E-state index contributed by atoms with van der Waals surface area (Å²) in [5, 5.41) is 7.27. The monoisotopic (exact) mass is 563 g/mol. The van der Waals surface area contributed by atoms with Gasteiger partial charge in [-0.3, -0.25) is 9.59 Å². The van der Waals surface area contributed by atoms with Crippen LogP contribution in [-0.4, -0.2) is 31.8 Å². The Labute approximate surface area is 233 Å². The van der Waals surface area contributed by atoms with Gasteiger partial charge < -0.3 is 10.6 Å². The molecule has 1 atom stereocenters. The van der Waals surface area contributed by atoms with Crippen molar-refractivity contribution in [3.8, 4) is 0 Å². The number of nitrogens with one attached hydrogen (secondary N) is 3. The maximum Gasteiger partial charge on any atom is 0.251 e. The van der Waals surface area contributed by atoms with Crippen molar-refractivity contribution in [1.29, 1.82) is 0 Å². The van der Waals surface area contributed by atoms with E-state index in [-0.39, 0.29) is 11.3 Å². The first kappa shape index (κ1) is 28.3. The first-order chi connectivity index (χ1) is 18.4. The van der Waals surface area contributed by atoms with Gasteiger partial charge in [-0.05, 0) is 62.7 Å². The Hall–Kier alpha value is -3.72. The third kappa shape index (κ3) is 7.23. The highest BCUT2D eigenvalue weighted by Gasteiger charge is 2.26. The molecule has 0 spiro atoms. The lowest BCUT2D eigenvalue weighted by Crippen LogP contribution is -2.45. The van der Waals surface area contributed by atoms with E-state index < -0.39 is 33.4 Å². The van der Waals surface area contributed by atoms with Crippen molar-refractivity contribution in [1.82, 2.24) is 10.0 Å². The van der Waals surface area contributed by atoms with E-state index in [1.807, 2.05) is 30.3 Å². The number of benzene rings is 4. The molecule has 0 saturated carbocycles. The molecule has 0 bridgehead atoms.